The Morgan fingerprint density at radius 1 is 0.724 bits per heavy atom. The summed E-state index contributed by atoms with van der Waals surface area (Å²) in [7, 11) is 0. The summed E-state index contributed by atoms with van der Waals surface area (Å²) < 4.78 is 2.12. The smallest absolute Gasteiger partial charge is 0.196 e. The number of aromatic nitrogens is 4. The highest BCUT2D eigenvalue weighted by Crippen LogP contribution is 2.31. The SMILES string of the molecule is c1ccc(-n2c(SCc3cccc4ccccc34)nnc2-c2ccncc2)cc1. The second kappa shape index (κ2) is 7.89. The third kappa shape index (κ3) is 3.52. The van der Waals surface area contributed by atoms with Gasteiger partial charge in [-0.2, -0.15) is 0 Å². The molecule has 0 unspecified atom stereocenters. The second-order valence-corrected chi connectivity index (χ2v) is 7.58. The lowest BCUT2D eigenvalue weighted by Gasteiger charge is -2.11. The van der Waals surface area contributed by atoms with E-state index in [1.807, 2.05) is 30.3 Å². The van der Waals surface area contributed by atoms with Crippen molar-refractivity contribution in [1.82, 2.24) is 19.7 Å². The molecule has 0 bridgehead atoms. The first kappa shape index (κ1) is 17.6. The molecule has 0 N–H and O–H groups in total. The van der Waals surface area contributed by atoms with Crippen LogP contribution in [0.3, 0.4) is 0 Å². The molecule has 0 fully saturated rings. The van der Waals surface area contributed by atoms with Gasteiger partial charge >= 0.3 is 0 Å². The van der Waals surface area contributed by atoms with Gasteiger partial charge in [-0.25, -0.2) is 0 Å². The van der Waals surface area contributed by atoms with Crippen molar-refractivity contribution in [3.8, 4) is 17.1 Å². The Bertz CT molecular complexity index is 1240. The summed E-state index contributed by atoms with van der Waals surface area (Å²) in [5.41, 5.74) is 3.33. The molecule has 0 atom stereocenters. The Labute approximate surface area is 173 Å². The van der Waals surface area contributed by atoms with Gasteiger partial charge in [0.25, 0.3) is 0 Å². The fourth-order valence-electron chi connectivity index (χ4n) is 3.42. The molecule has 0 aliphatic heterocycles. The van der Waals surface area contributed by atoms with Crippen molar-refractivity contribution in [2.24, 2.45) is 0 Å². The van der Waals surface area contributed by atoms with Crippen LogP contribution in [-0.4, -0.2) is 19.7 Å². The molecular weight excluding hydrogens is 376 g/mol. The number of pyridine rings is 1. The summed E-state index contributed by atoms with van der Waals surface area (Å²) >= 11 is 1.70. The van der Waals surface area contributed by atoms with Gasteiger partial charge in [0.05, 0.1) is 0 Å². The molecule has 0 spiro atoms. The molecule has 0 saturated carbocycles. The normalized spacial score (nSPS) is 11.0. The summed E-state index contributed by atoms with van der Waals surface area (Å²) in [6.45, 7) is 0. The predicted molar refractivity (Wildman–Crippen MR) is 118 cm³/mol. The number of benzene rings is 3. The van der Waals surface area contributed by atoms with E-state index in [0.717, 1.165) is 28.0 Å². The van der Waals surface area contributed by atoms with Gasteiger partial charge in [0.1, 0.15) is 0 Å². The van der Waals surface area contributed by atoms with E-state index in [1.165, 1.54) is 16.3 Å². The van der Waals surface area contributed by atoms with Gasteiger partial charge in [-0.05, 0) is 40.6 Å². The van der Waals surface area contributed by atoms with Gasteiger partial charge in [0, 0.05) is 29.4 Å². The second-order valence-electron chi connectivity index (χ2n) is 6.64. The van der Waals surface area contributed by atoms with Crippen LogP contribution in [0.25, 0.3) is 27.8 Å². The van der Waals surface area contributed by atoms with Crippen molar-refractivity contribution >= 4 is 22.5 Å². The molecule has 3 aromatic carbocycles. The van der Waals surface area contributed by atoms with Crippen LogP contribution in [0.5, 0.6) is 0 Å². The Balaban J connectivity index is 1.54. The van der Waals surface area contributed by atoms with Crippen molar-refractivity contribution in [2.75, 3.05) is 0 Å². The molecule has 5 aromatic rings. The number of hydrogen-bond acceptors (Lipinski definition) is 4. The van der Waals surface area contributed by atoms with E-state index >= 15 is 0 Å². The number of thioether (sulfide) groups is 1. The average Bonchev–Trinajstić information content (AvgIpc) is 3.23. The molecule has 2 heterocycles. The minimum atomic E-state index is 0.819. The van der Waals surface area contributed by atoms with Gasteiger partial charge < -0.3 is 0 Å². The fourth-order valence-corrected chi connectivity index (χ4v) is 4.38. The van der Waals surface area contributed by atoms with Crippen LogP contribution in [0.4, 0.5) is 0 Å². The van der Waals surface area contributed by atoms with Crippen LogP contribution in [-0.2, 0) is 5.75 Å². The average molecular weight is 395 g/mol. The van der Waals surface area contributed by atoms with E-state index in [0.29, 0.717) is 0 Å². The van der Waals surface area contributed by atoms with Crippen LogP contribution in [0.2, 0.25) is 0 Å². The zero-order valence-electron chi connectivity index (χ0n) is 15.6. The Hall–Kier alpha value is -3.44. The number of para-hydroxylation sites is 1. The van der Waals surface area contributed by atoms with E-state index in [4.69, 9.17) is 0 Å². The minimum Gasteiger partial charge on any atom is -0.270 e. The third-order valence-electron chi connectivity index (χ3n) is 4.82. The minimum absolute atomic E-state index is 0.819. The highest BCUT2D eigenvalue weighted by molar-refractivity contribution is 7.98. The quantitative estimate of drug-likeness (QED) is 0.355. The number of fused-ring (bicyclic) bond motifs is 1. The Morgan fingerprint density at radius 2 is 1.48 bits per heavy atom. The van der Waals surface area contributed by atoms with E-state index in [1.54, 1.807) is 24.2 Å². The molecule has 4 nitrogen and oxygen atoms in total. The molecule has 0 aliphatic carbocycles. The molecular formula is C24H18N4S. The fraction of sp³-hybridized carbons (Fsp3) is 0.0417. The Morgan fingerprint density at radius 3 is 2.34 bits per heavy atom. The molecule has 0 saturated heterocycles. The molecule has 0 aliphatic rings. The predicted octanol–water partition coefficient (Wildman–Crippen LogP) is 5.77. The van der Waals surface area contributed by atoms with Crippen LogP contribution in [0.1, 0.15) is 5.56 Å². The van der Waals surface area contributed by atoms with Gasteiger partial charge in [-0.1, -0.05) is 72.4 Å². The van der Waals surface area contributed by atoms with Crippen molar-refractivity contribution in [3.05, 3.63) is 103 Å². The van der Waals surface area contributed by atoms with Crippen LogP contribution < -0.4 is 0 Å². The largest absolute Gasteiger partial charge is 0.270 e. The van der Waals surface area contributed by atoms with Gasteiger partial charge in [-0.3, -0.25) is 9.55 Å². The van der Waals surface area contributed by atoms with Crippen molar-refractivity contribution < 1.29 is 0 Å². The lowest BCUT2D eigenvalue weighted by atomic mass is 10.1. The summed E-state index contributed by atoms with van der Waals surface area (Å²) in [5, 5.41) is 12.4. The van der Waals surface area contributed by atoms with Crippen LogP contribution in [0.15, 0.2) is 102 Å². The monoisotopic (exact) mass is 394 g/mol. The molecule has 0 amide bonds. The van der Waals surface area contributed by atoms with E-state index < -0.39 is 0 Å². The van der Waals surface area contributed by atoms with E-state index in [-0.39, 0.29) is 0 Å². The maximum Gasteiger partial charge on any atom is 0.196 e. The lowest BCUT2D eigenvalue weighted by molar-refractivity contribution is 0.886. The van der Waals surface area contributed by atoms with Gasteiger partial charge in [-0.15, -0.1) is 10.2 Å². The maximum atomic E-state index is 4.52. The maximum absolute atomic E-state index is 4.52. The molecule has 0 radical (unpaired) electrons. The van der Waals surface area contributed by atoms with Gasteiger partial charge in [0.15, 0.2) is 11.0 Å². The molecule has 2 aromatic heterocycles. The van der Waals surface area contributed by atoms with Crippen molar-refractivity contribution in [3.63, 3.8) is 0 Å². The highest BCUT2D eigenvalue weighted by atomic mass is 32.2. The van der Waals surface area contributed by atoms with Crippen LogP contribution in [0, 0.1) is 0 Å². The third-order valence-corrected chi connectivity index (χ3v) is 5.80. The number of rotatable bonds is 5. The molecule has 5 rings (SSSR count). The highest BCUT2D eigenvalue weighted by Gasteiger charge is 2.16. The Kier molecular flexibility index (Phi) is 4.80. The van der Waals surface area contributed by atoms with E-state index in [9.17, 15) is 0 Å². The molecule has 5 heteroatoms. The molecule has 140 valence electrons. The topological polar surface area (TPSA) is 43.6 Å². The summed E-state index contributed by atoms with van der Waals surface area (Å²) in [4.78, 5) is 4.12. The first-order chi connectivity index (χ1) is 14.4. The van der Waals surface area contributed by atoms with Crippen molar-refractivity contribution in [2.45, 2.75) is 10.9 Å². The molecule has 29 heavy (non-hydrogen) atoms. The first-order valence-corrected chi connectivity index (χ1v) is 10.4. The summed E-state index contributed by atoms with van der Waals surface area (Å²) in [6.07, 6.45) is 3.56. The number of hydrogen-bond donors (Lipinski definition) is 0. The van der Waals surface area contributed by atoms with Gasteiger partial charge in [0.2, 0.25) is 0 Å². The zero-order chi connectivity index (χ0) is 19.5. The van der Waals surface area contributed by atoms with E-state index in [2.05, 4.69) is 74.3 Å². The first-order valence-electron chi connectivity index (χ1n) is 9.41. The van der Waals surface area contributed by atoms with Crippen LogP contribution >= 0.6 is 11.8 Å². The standard InChI is InChI=1S/C24H18N4S/c1-2-10-21(11-3-1)28-23(19-13-15-25-16-14-19)26-27-24(28)29-17-20-9-6-8-18-7-4-5-12-22(18)20/h1-16H,17H2. The number of nitrogens with zero attached hydrogens (tertiary/aromatic N) is 4. The summed E-state index contributed by atoms with van der Waals surface area (Å²) in [5.74, 6) is 1.64. The zero-order valence-corrected chi connectivity index (χ0v) is 16.5. The lowest BCUT2D eigenvalue weighted by Crippen LogP contribution is -1.99. The van der Waals surface area contributed by atoms with Crippen molar-refractivity contribution in [1.29, 1.82) is 0 Å². The summed E-state index contributed by atoms with van der Waals surface area (Å²) in [6, 6.07) is 29.1.